The number of carbonyl (C=O) groups excluding carboxylic acids is 3. The molecule has 1 aromatic rings. The van der Waals surface area contributed by atoms with Crippen molar-refractivity contribution in [2.24, 2.45) is 0 Å². The van der Waals surface area contributed by atoms with Gasteiger partial charge >= 0.3 is 11.9 Å². The van der Waals surface area contributed by atoms with Gasteiger partial charge in [0.25, 0.3) is 0 Å². The molecular weight excluding hydrogens is 298 g/mol. The highest BCUT2D eigenvalue weighted by atomic mass is 16.6. The fraction of sp³-hybridized carbons (Fsp3) is 0.235. The maximum atomic E-state index is 12.0. The Bertz CT molecular complexity index is 544. The zero-order valence-corrected chi connectivity index (χ0v) is 12.7. The van der Waals surface area contributed by atoms with E-state index in [2.05, 4.69) is 18.5 Å². The molecule has 1 rings (SSSR count). The van der Waals surface area contributed by atoms with E-state index in [-0.39, 0.29) is 19.6 Å². The van der Waals surface area contributed by atoms with Crippen molar-refractivity contribution >= 4 is 17.8 Å². The van der Waals surface area contributed by atoms with Crippen LogP contribution in [0.2, 0.25) is 0 Å². The molecule has 0 heterocycles. The number of hydrogen-bond acceptors (Lipinski definition) is 5. The molecule has 0 spiro atoms. The summed E-state index contributed by atoms with van der Waals surface area (Å²) < 4.78 is 9.61. The first-order valence-corrected chi connectivity index (χ1v) is 6.96. The van der Waals surface area contributed by atoms with Crippen LogP contribution in [-0.2, 0) is 30.3 Å². The topological polar surface area (TPSA) is 81.7 Å². The van der Waals surface area contributed by atoms with Gasteiger partial charge in [0.05, 0.1) is 6.42 Å². The van der Waals surface area contributed by atoms with Crippen LogP contribution in [0.3, 0.4) is 0 Å². The van der Waals surface area contributed by atoms with Gasteiger partial charge in [0.15, 0.2) is 0 Å². The second kappa shape index (κ2) is 9.94. The molecule has 0 saturated heterocycles. The Morgan fingerprint density at radius 3 is 2.00 bits per heavy atom. The Balaban J connectivity index is 2.72. The molecule has 1 aromatic carbocycles. The lowest BCUT2D eigenvalue weighted by Crippen LogP contribution is -2.48. The first kappa shape index (κ1) is 18.2. The second-order valence-electron chi connectivity index (χ2n) is 4.50. The molecule has 122 valence electrons. The van der Waals surface area contributed by atoms with E-state index in [4.69, 9.17) is 9.47 Å². The third kappa shape index (κ3) is 6.60. The Kier molecular flexibility index (Phi) is 7.85. The number of ether oxygens (including phenoxy) is 2. The molecule has 0 aromatic heterocycles. The number of rotatable bonds is 9. The normalized spacial score (nSPS) is 9.78. The molecule has 0 bridgehead atoms. The third-order valence-corrected chi connectivity index (χ3v) is 2.67. The van der Waals surface area contributed by atoms with Gasteiger partial charge in [-0.15, -0.1) is 0 Å². The van der Waals surface area contributed by atoms with Gasteiger partial charge in [-0.3, -0.25) is 4.79 Å². The molecule has 6 heteroatoms. The SMILES string of the molecule is C=CCOC(=O)C(NC(=O)Cc1ccccc1)C(=O)OCC=C. The highest BCUT2D eigenvalue weighted by molar-refractivity contribution is 6.02. The van der Waals surface area contributed by atoms with Crippen molar-refractivity contribution in [3.63, 3.8) is 0 Å². The summed E-state index contributed by atoms with van der Waals surface area (Å²) in [7, 11) is 0. The molecule has 0 fully saturated rings. The summed E-state index contributed by atoms with van der Waals surface area (Å²) in [6, 6.07) is 7.41. The van der Waals surface area contributed by atoms with Gasteiger partial charge in [-0.2, -0.15) is 0 Å². The first-order valence-electron chi connectivity index (χ1n) is 6.96. The van der Waals surface area contributed by atoms with Gasteiger partial charge in [-0.05, 0) is 5.56 Å². The quantitative estimate of drug-likeness (QED) is 0.420. The number of amides is 1. The lowest BCUT2D eigenvalue weighted by molar-refractivity contribution is -0.158. The van der Waals surface area contributed by atoms with Crippen LogP contribution in [0.5, 0.6) is 0 Å². The van der Waals surface area contributed by atoms with E-state index in [9.17, 15) is 14.4 Å². The number of nitrogens with one attached hydrogen (secondary N) is 1. The monoisotopic (exact) mass is 317 g/mol. The lowest BCUT2D eigenvalue weighted by atomic mass is 10.1. The summed E-state index contributed by atoms with van der Waals surface area (Å²) in [5.74, 6) is -2.30. The largest absolute Gasteiger partial charge is 0.459 e. The minimum absolute atomic E-state index is 0.0286. The number of hydrogen-bond donors (Lipinski definition) is 1. The van der Waals surface area contributed by atoms with Crippen molar-refractivity contribution in [3.8, 4) is 0 Å². The van der Waals surface area contributed by atoms with E-state index in [1.807, 2.05) is 6.07 Å². The van der Waals surface area contributed by atoms with Gasteiger partial charge < -0.3 is 14.8 Å². The summed E-state index contributed by atoms with van der Waals surface area (Å²) in [6.07, 6.45) is 2.74. The van der Waals surface area contributed by atoms with Crippen LogP contribution < -0.4 is 5.32 Å². The predicted molar refractivity (Wildman–Crippen MR) is 84.4 cm³/mol. The molecule has 0 saturated carbocycles. The summed E-state index contributed by atoms with van der Waals surface area (Å²) in [6.45, 7) is 6.68. The molecule has 1 amide bonds. The molecule has 0 aliphatic carbocycles. The van der Waals surface area contributed by atoms with E-state index in [1.165, 1.54) is 12.2 Å². The molecule has 23 heavy (non-hydrogen) atoms. The predicted octanol–water partition coefficient (Wildman–Crippen LogP) is 1.17. The van der Waals surface area contributed by atoms with E-state index in [0.29, 0.717) is 0 Å². The highest BCUT2D eigenvalue weighted by Gasteiger charge is 2.31. The average molecular weight is 317 g/mol. The average Bonchev–Trinajstić information content (AvgIpc) is 2.56. The molecule has 6 nitrogen and oxygen atoms in total. The zero-order chi connectivity index (χ0) is 17.1. The summed E-state index contributed by atoms with van der Waals surface area (Å²) in [4.78, 5) is 35.8. The van der Waals surface area contributed by atoms with Crippen LogP contribution in [0.15, 0.2) is 55.6 Å². The van der Waals surface area contributed by atoms with Crippen molar-refractivity contribution in [1.29, 1.82) is 0 Å². The second-order valence-corrected chi connectivity index (χ2v) is 4.50. The molecule has 0 atom stereocenters. The maximum Gasteiger partial charge on any atom is 0.340 e. The van der Waals surface area contributed by atoms with Gasteiger partial charge in [0.2, 0.25) is 11.9 Å². The Hall–Kier alpha value is -2.89. The van der Waals surface area contributed by atoms with Crippen LogP contribution >= 0.6 is 0 Å². The van der Waals surface area contributed by atoms with Crippen LogP contribution in [0, 0.1) is 0 Å². The van der Waals surface area contributed by atoms with E-state index < -0.39 is 23.9 Å². The van der Waals surface area contributed by atoms with Gasteiger partial charge in [-0.25, -0.2) is 9.59 Å². The van der Waals surface area contributed by atoms with Gasteiger partial charge in [0, 0.05) is 0 Å². The van der Waals surface area contributed by atoms with Crippen molar-refractivity contribution < 1.29 is 23.9 Å². The van der Waals surface area contributed by atoms with E-state index in [1.54, 1.807) is 24.3 Å². The standard InChI is InChI=1S/C17H19NO5/c1-3-10-22-16(20)15(17(21)23-11-4-2)18-14(19)12-13-8-6-5-7-9-13/h3-9,15H,1-2,10-12H2,(H,18,19). The summed E-state index contributed by atoms with van der Waals surface area (Å²) >= 11 is 0. The highest BCUT2D eigenvalue weighted by Crippen LogP contribution is 2.01. The molecule has 0 aliphatic rings. The van der Waals surface area contributed by atoms with Crippen molar-refractivity contribution in [1.82, 2.24) is 5.32 Å². The smallest absolute Gasteiger partial charge is 0.340 e. The van der Waals surface area contributed by atoms with Crippen LogP contribution in [0.1, 0.15) is 5.56 Å². The van der Waals surface area contributed by atoms with E-state index in [0.717, 1.165) is 5.56 Å². The molecular formula is C17H19NO5. The minimum atomic E-state index is -1.52. The molecule has 0 radical (unpaired) electrons. The lowest BCUT2D eigenvalue weighted by Gasteiger charge is -2.16. The van der Waals surface area contributed by atoms with Crippen molar-refractivity contribution in [3.05, 3.63) is 61.2 Å². The molecule has 1 N–H and O–H groups in total. The fourth-order valence-electron chi connectivity index (χ4n) is 1.66. The van der Waals surface area contributed by atoms with Crippen LogP contribution in [0.4, 0.5) is 0 Å². The zero-order valence-electron chi connectivity index (χ0n) is 12.7. The minimum Gasteiger partial charge on any atom is -0.459 e. The van der Waals surface area contributed by atoms with E-state index >= 15 is 0 Å². The first-order chi connectivity index (χ1) is 11.1. The Labute approximate surface area is 134 Å². The number of benzene rings is 1. The summed E-state index contributed by atoms with van der Waals surface area (Å²) in [5, 5.41) is 2.33. The fourth-order valence-corrected chi connectivity index (χ4v) is 1.66. The number of carbonyl (C=O) groups is 3. The third-order valence-electron chi connectivity index (χ3n) is 2.67. The summed E-state index contributed by atoms with van der Waals surface area (Å²) in [5.41, 5.74) is 0.752. The molecule has 0 aliphatic heterocycles. The Morgan fingerprint density at radius 1 is 1.00 bits per heavy atom. The van der Waals surface area contributed by atoms with Crippen LogP contribution in [0.25, 0.3) is 0 Å². The van der Waals surface area contributed by atoms with Crippen molar-refractivity contribution in [2.45, 2.75) is 12.5 Å². The maximum absolute atomic E-state index is 12.0. The van der Waals surface area contributed by atoms with Crippen LogP contribution in [-0.4, -0.2) is 37.1 Å². The molecule has 0 unspecified atom stereocenters. The van der Waals surface area contributed by atoms with Gasteiger partial charge in [0.1, 0.15) is 13.2 Å². The number of esters is 2. The van der Waals surface area contributed by atoms with Crippen molar-refractivity contribution in [2.75, 3.05) is 13.2 Å². The Morgan fingerprint density at radius 2 is 1.52 bits per heavy atom. The van der Waals surface area contributed by atoms with Gasteiger partial charge in [-0.1, -0.05) is 55.6 Å².